The number of amides is 1. The molecule has 1 aliphatic rings. The number of nitrogens with one attached hydrogen (secondary N) is 1. The minimum atomic E-state index is -1.57. The highest BCUT2D eigenvalue weighted by Crippen LogP contribution is 2.24. The van der Waals surface area contributed by atoms with Gasteiger partial charge in [0.05, 0.1) is 32.0 Å². The largest absolute Gasteiger partial charge is 0.466 e. The fourth-order valence-corrected chi connectivity index (χ4v) is 12.0. The Morgan fingerprint density at radius 2 is 0.747 bits per heavy atom. The van der Waals surface area contributed by atoms with E-state index in [2.05, 4.69) is 43.5 Å². The first-order chi connectivity index (χ1) is 42.7. The van der Waals surface area contributed by atoms with Crippen LogP contribution in [0.25, 0.3) is 0 Å². The zero-order valence-corrected chi connectivity index (χ0v) is 57.0. The topological polar surface area (TPSA) is 175 Å². The van der Waals surface area contributed by atoms with Gasteiger partial charge in [0, 0.05) is 12.8 Å². The van der Waals surface area contributed by atoms with Crippen molar-refractivity contribution in [3.8, 4) is 0 Å². The number of allylic oxidation sites excluding steroid dienone is 5. The van der Waals surface area contributed by atoms with E-state index in [4.69, 9.17) is 14.2 Å². The third-order valence-corrected chi connectivity index (χ3v) is 18.0. The monoisotopic (exact) mass is 1230 g/mol. The summed E-state index contributed by atoms with van der Waals surface area (Å²) in [5.41, 5.74) is 0. The molecule has 0 aromatic carbocycles. The van der Waals surface area contributed by atoms with Crippen LogP contribution in [0.4, 0.5) is 0 Å². The fraction of sp³-hybridized carbons (Fsp3) is 0.895. The lowest BCUT2D eigenvalue weighted by Crippen LogP contribution is -2.60. The van der Waals surface area contributed by atoms with Gasteiger partial charge in [-0.25, -0.2) is 0 Å². The first-order valence-corrected chi connectivity index (χ1v) is 37.8. The van der Waals surface area contributed by atoms with Gasteiger partial charge in [0.2, 0.25) is 5.91 Å². The molecule has 1 rings (SSSR count). The van der Waals surface area contributed by atoms with E-state index in [9.17, 15) is 35.1 Å². The zero-order chi connectivity index (χ0) is 63.0. The number of carbonyl (C=O) groups excluding carboxylic acids is 2. The van der Waals surface area contributed by atoms with Crippen LogP contribution < -0.4 is 5.32 Å². The van der Waals surface area contributed by atoms with Crippen molar-refractivity contribution >= 4 is 11.9 Å². The van der Waals surface area contributed by atoms with Crippen molar-refractivity contribution in [2.24, 2.45) is 0 Å². The number of esters is 1. The van der Waals surface area contributed by atoms with Crippen LogP contribution in [-0.4, -0.2) is 100 Å². The summed E-state index contributed by atoms with van der Waals surface area (Å²) in [6.45, 7) is 4.32. The molecule has 0 saturated carbocycles. The van der Waals surface area contributed by atoms with Gasteiger partial charge in [0.25, 0.3) is 0 Å². The van der Waals surface area contributed by atoms with E-state index in [0.717, 1.165) is 57.8 Å². The van der Waals surface area contributed by atoms with Crippen molar-refractivity contribution in [1.82, 2.24) is 5.32 Å². The Labute approximate surface area is 536 Å². The molecule has 1 amide bonds. The number of aliphatic hydroxyl groups excluding tert-OH is 5. The Balaban J connectivity index is 1.87. The van der Waals surface area contributed by atoms with Crippen LogP contribution in [0.3, 0.4) is 0 Å². The zero-order valence-electron chi connectivity index (χ0n) is 57.0. The van der Waals surface area contributed by atoms with Gasteiger partial charge in [-0.3, -0.25) is 9.59 Å². The van der Waals surface area contributed by atoms with Crippen LogP contribution in [0.2, 0.25) is 0 Å². The molecule has 0 aromatic heterocycles. The second-order valence-corrected chi connectivity index (χ2v) is 26.3. The Hall–Kier alpha value is -2.12. The lowest BCUT2D eigenvalue weighted by atomic mass is 9.99. The van der Waals surface area contributed by atoms with Crippen LogP contribution >= 0.6 is 0 Å². The number of aliphatic hydroxyl groups is 5. The highest BCUT2D eigenvalue weighted by molar-refractivity contribution is 5.76. The van der Waals surface area contributed by atoms with E-state index in [1.807, 2.05) is 6.08 Å². The van der Waals surface area contributed by atoms with E-state index in [0.29, 0.717) is 19.4 Å². The minimum Gasteiger partial charge on any atom is -0.466 e. The van der Waals surface area contributed by atoms with Crippen molar-refractivity contribution in [2.45, 2.75) is 416 Å². The Bertz CT molecular complexity index is 1540. The van der Waals surface area contributed by atoms with Crippen LogP contribution in [0.5, 0.6) is 0 Å². The maximum absolute atomic E-state index is 13.0. The Morgan fingerprint density at radius 3 is 1.14 bits per heavy atom. The predicted molar refractivity (Wildman–Crippen MR) is 366 cm³/mol. The molecule has 11 nitrogen and oxygen atoms in total. The number of hydrogen-bond donors (Lipinski definition) is 6. The Morgan fingerprint density at radius 1 is 0.414 bits per heavy atom. The summed E-state index contributed by atoms with van der Waals surface area (Å²) in [5.74, 6) is -0.172. The third-order valence-electron chi connectivity index (χ3n) is 18.0. The smallest absolute Gasteiger partial charge is 0.305 e. The summed E-state index contributed by atoms with van der Waals surface area (Å²) >= 11 is 0. The molecule has 1 saturated heterocycles. The van der Waals surface area contributed by atoms with Gasteiger partial charge in [0.15, 0.2) is 6.29 Å². The summed E-state index contributed by atoms with van der Waals surface area (Å²) in [6.07, 6.45) is 74.8. The van der Waals surface area contributed by atoms with Gasteiger partial charge in [-0.1, -0.05) is 320 Å². The highest BCUT2D eigenvalue weighted by Gasteiger charge is 2.44. The maximum Gasteiger partial charge on any atom is 0.305 e. The Kier molecular flexibility index (Phi) is 62.3. The number of unbranched alkanes of at least 4 members (excludes halogenated alkanes) is 49. The summed E-state index contributed by atoms with van der Waals surface area (Å²) in [7, 11) is 0. The molecule has 512 valence electrons. The quantitative estimate of drug-likeness (QED) is 0.0195. The molecule has 1 heterocycles. The fourth-order valence-electron chi connectivity index (χ4n) is 12.0. The lowest BCUT2D eigenvalue weighted by Gasteiger charge is -2.40. The number of carbonyl (C=O) groups is 2. The summed E-state index contributed by atoms with van der Waals surface area (Å²) < 4.78 is 16.7. The normalized spacial score (nSPS) is 18.0. The maximum atomic E-state index is 13.0. The molecule has 6 N–H and O–H groups in total. The van der Waals surface area contributed by atoms with Crippen LogP contribution in [0.1, 0.15) is 373 Å². The molecular formula is C76H143NO10. The number of rotatable bonds is 67. The van der Waals surface area contributed by atoms with E-state index >= 15 is 0 Å². The molecule has 0 spiro atoms. The average molecular weight is 1230 g/mol. The third kappa shape index (κ3) is 54.2. The van der Waals surface area contributed by atoms with E-state index in [1.54, 1.807) is 6.08 Å². The van der Waals surface area contributed by atoms with Crippen LogP contribution in [0.15, 0.2) is 36.5 Å². The molecule has 0 aliphatic carbocycles. The van der Waals surface area contributed by atoms with Crippen molar-refractivity contribution in [2.75, 3.05) is 19.8 Å². The van der Waals surface area contributed by atoms with Crippen molar-refractivity contribution in [3.05, 3.63) is 36.5 Å². The van der Waals surface area contributed by atoms with Gasteiger partial charge in [-0.15, -0.1) is 0 Å². The predicted octanol–water partition coefficient (Wildman–Crippen LogP) is 19.7. The van der Waals surface area contributed by atoms with Gasteiger partial charge in [-0.05, 0) is 77.0 Å². The average Bonchev–Trinajstić information content (AvgIpc) is 3.66. The van der Waals surface area contributed by atoms with Gasteiger partial charge in [-0.2, -0.15) is 0 Å². The van der Waals surface area contributed by atoms with E-state index < -0.39 is 49.5 Å². The second kappa shape index (κ2) is 65.4. The number of hydrogen-bond acceptors (Lipinski definition) is 10. The number of ether oxygens (including phenoxy) is 3. The summed E-state index contributed by atoms with van der Waals surface area (Å²) in [5, 5.41) is 54.3. The SMILES string of the molecule is CCCC/C=C\CCCCCCCC(=O)OCCCCCCCCCCCCCCCCCCCC/C=C\CCCCCCCCCCCCCCCCCCCC(=O)NC(COC1OC(CO)C(O)C(O)C1O)C(O)/C=C/CCCCCCCCC. The first kappa shape index (κ1) is 82.9. The molecule has 1 aliphatic heterocycles. The molecule has 7 unspecified atom stereocenters. The van der Waals surface area contributed by atoms with Crippen molar-refractivity contribution in [1.29, 1.82) is 0 Å². The molecule has 87 heavy (non-hydrogen) atoms. The first-order valence-electron chi connectivity index (χ1n) is 37.8. The molecule has 0 radical (unpaired) electrons. The molecule has 1 fully saturated rings. The van der Waals surface area contributed by atoms with Crippen molar-refractivity contribution in [3.63, 3.8) is 0 Å². The van der Waals surface area contributed by atoms with Gasteiger partial charge < -0.3 is 45.1 Å². The standard InChI is InChI=1S/C76H143NO10/c1-3-5-7-9-11-13-43-48-52-56-60-64-72(81)85-65-61-57-53-49-45-42-40-38-36-34-32-30-28-26-24-22-20-18-16-14-15-17-19-21-23-25-27-29-31-33-35-37-39-41-44-47-51-55-59-63-71(80)77-68(69(79)62-58-54-50-46-12-10-8-6-4-2)67-86-76-75(84)74(83)73(82)70(66-78)87-76/h9,11,14-15,58,62,68-70,73-76,78-79,82-84H,3-8,10,12-13,16-57,59-61,63-67H2,1-2H3,(H,77,80)/b11-9-,15-14-,62-58+. The van der Waals surface area contributed by atoms with E-state index in [1.165, 1.54) is 289 Å². The van der Waals surface area contributed by atoms with E-state index in [-0.39, 0.29) is 18.5 Å². The summed E-state index contributed by atoms with van der Waals surface area (Å²) in [6, 6.07) is -0.805. The molecular weight excluding hydrogens is 1090 g/mol. The highest BCUT2D eigenvalue weighted by atomic mass is 16.7. The lowest BCUT2D eigenvalue weighted by molar-refractivity contribution is -0.302. The molecule has 0 bridgehead atoms. The van der Waals surface area contributed by atoms with Crippen LogP contribution in [-0.2, 0) is 23.8 Å². The summed E-state index contributed by atoms with van der Waals surface area (Å²) in [4.78, 5) is 25.0. The van der Waals surface area contributed by atoms with Crippen LogP contribution in [0, 0.1) is 0 Å². The second-order valence-electron chi connectivity index (χ2n) is 26.3. The minimum absolute atomic E-state index is 0.00583. The van der Waals surface area contributed by atoms with Gasteiger partial charge >= 0.3 is 5.97 Å². The molecule has 11 heteroatoms. The molecule has 7 atom stereocenters. The van der Waals surface area contributed by atoms with Crippen molar-refractivity contribution < 1.29 is 49.3 Å². The molecule has 0 aromatic rings. The van der Waals surface area contributed by atoms with Gasteiger partial charge in [0.1, 0.15) is 24.4 Å².